The molecule has 0 bridgehead atoms. The average molecular weight is 317 g/mol. The van der Waals surface area contributed by atoms with E-state index < -0.39 is 16.0 Å². The summed E-state index contributed by atoms with van der Waals surface area (Å²) in [6, 6.07) is 4.94. The van der Waals surface area contributed by atoms with Gasteiger partial charge >= 0.3 is 5.97 Å². The summed E-state index contributed by atoms with van der Waals surface area (Å²) in [7, 11) is -3.87. The summed E-state index contributed by atoms with van der Waals surface area (Å²) in [6.45, 7) is -0.0899. The van der Waals surface area contributed by atoms with E-state index in [1.165, 1.54) is 24.4 Å². The third kappa shape index (κ3) is 3.16. The number of aromatic nitrogens is 1. The van der Waals surface area contributed by atoms with Crippen molar-refractivity contribution in [3.8, 4) is 0 Å². The Kier molecular flexibility index (Phi) is 4.07. The molecule has 20 heavy (non-hydrogen) atoms. The largest absolute Gasteiger partial charge is 0.478 e. The normalized spacial score (nSPS) is 11.4. The highest BCUT2D eigenvalue weighted by molar-refractivity contribution is 7.89. The van der Waals surface area contributed by atoms with E-state index in [0.717, 1.165) is 6.07 Å². The van der Waals surface area contributed by atoms with Gasteiger partial charge in [0.1, 0.15) is 0 Å². The first-order chi connectivity index (χ1) is 9.40. The maximum atomic E-state index is 12.0. The number of halogens is 1. The van der Waals surface area contributed by atoms with Gasteiger partial charge in [0, 0.05) is 6.07 Å². The van der Waals surface area contributed by atoms with Gasteiger partial charge in [0.05, 0.1) is 28.2 Å². The molecule has 0 amide bonds. The fraction of sp³-hybridized carbons (Fsp3) is 0.0909. The molecule has 0 radical (unpaired) electrons. The summed E-state index contributed by atoms with van der Waals surface area (Å²) < 4.78 is 31.0. The van der Waals surface area contributed by atoms with Crippen LogP contribution in [0.25, 0.3) is 0 Å². The van der Waals surface area contributed by atoms with E-state index in [1.807, 2.05) is 0 Å². The fourth-order valence-electron chi connectivity index (χ4n) is 1.42. The molecule has 2 N–H and O–H groups in total. The molecule has 9 heteroatoms. The van der Waals surface area contributed by atoms with Crippen LogP contribution >= 0.6 is 11.6 Å². The van der Waals surface area contributed by atoms with E-state index in [0.29, 0.717) is 5.76 Å². The van der Waals surface area contributed by atoms with Crippen LogP contribution in [-0.4, -0.2) is 24.7 Å². The van der Waals surface area contributed by atoms with Crippen molar-refractivity contribution in [1.29, 1.82) is 0 Å². The maximum Gasteiger partial charge on any atom is 0.337 e. The lowest BCUT2D eigenvalue weighted by molar-refractivity contribution is 0.0697. The number of nitrogens with zero attached hydrogens (tertiary/aromatic N) is 1. The van der Waals surface area contributed by atoms with Crippen molar-refractivity contribution in [3.05, 3.63) is 46.8 Å². The molecule has 106 valence electrons. The molecule has 1 aromatic heterocycles. The minimum Gasteiger partial charge on any atom is -0.478 e. The predicted octanol–water partition coefficient (Wildman–Crippen LogP) is 1.50. The zero-order chi connectivity index (χ0) is 14.8. The van der Waals surface area contributed by atoms with Crippen LogP contribution in [0.3, 0.4) is 0 Å². The summed E-state index contributed by atoms with van der Waals surface area (Å²) in [5, 5.41) is 12.3. The van der Waals surface area contributed by atoms with Crippen molar-refractivity contribution < 1.29 is 22.8 Å². The smallest absolute Gasteiger partial charge is 0.337 e. The number of rotatable bonds is 5. The minimum absolute atomic E-state index is 0.0355. The molecule has 0 saturated carbocycles. The Bertz CT molecular complexity index is 727. The summed E-state index contributed by atoms with van der Waals surface area (Å²) >= 11 is 5.68. The molecule has 7 nitrogen and oxygen atoms in total. The third-order valence-electron chi connectivity index (χ3n) is 2.41. The lowest BCUT2D eigenvalue weighted by atomic mass is 10.2. The first kappa shape index (κ1) is 14.5. The van der Waals surface area contributed by atoms with Crippen molar-refractivity contribution in [2.75, 3.05) is 0 Å². The Hall–Kier alpha value is -1.90. The number of carbonyl (C=O) groups is 1. The van der Waals surface area contributed by atoms with E-state index in [-0.39, 0.29) is 22.0 Å². The van der Waals surface area contributed by atoms with Gasteiger partial charge in [-0.2, -0.15) is 0 Å². The molecule has 0 aliphatic rings. The molecule has 2 rings (SSSR count). The van der Waals surface area contributed by atoms with E-state index in [4.69, 9.17) is 21.2 Å². The summed E-state index contributed by atoms with van der Waals surface area (Å²) in [4.78, 5) is 10.7. The Balaban J connectivity index is 2.25. The van der Waals surface area contributed by atoms with E-state index in [9.17, 15) is 13.2 Å². The summed E-state index contributed by atoms with van der Waals surface area (Å²) in [5.41, 5.74) is -0.283. The van der Waals surface area contributed by atoms with Gasteiger partial charge in [-0.25, -0.2) is 17.9 Å². The predicted molar refractivity (Wildman–Crippen MR) is 68.9 cm³/mol. The van der Waals surface area contributed by atoms with E-state index >= 15 is 0 Å². The number of benzene rings is 1. The lowest BCUT2D eigenvalue weighted by Gasteiger charge is -2.07. The van der Waals surface area contributed by atoms with Crippen molar-refractivity contribution in [2.24, 2.45) is 0 Å². The van der Waals surface area contributed by atoms with Gasteiger partial charge < -0.3 is 9.63 Å². The lowest BCUT2D eigenvalue weighted by Crippen LogP contribution is -2.23. The summed E-state index contributed by atoms with van der Waals surface area (Å²) in [6.07, 6.45) is 1.38. The Morgan fingerprint density at radius 3 is 2.75 bits per heavy atom. The van der Waals surface area contributed by atoms with Gasteiger partial charge in [0.25, 0.3) is 0 Å². The Morgan fingerprint density at radius 2 is 2.15 bits per heavy atom. The van der Waals surface area contributed by atoms with Gasteiger partial charge in [-0.15, -0.1) is 0 Å². The molecule has 0 spiro atoms. The quantitative estimate of drug-likeness (QED) is 0.865. The van der Waals surface area contributed by atoms with E-state index in [2.05, 4.69) is 9.88 Å². The molecule has 1 aromatic carbocycles. The molecule has 0 unspecified atom stereocenters. The highest BCUT2D eigenvalue weighted by Crippen LogP contribution is 2.20. The van der Waals surface area contributed by atoms with Gasteiger partial charge in [-0.05, 0) is 18.2 Å². The molecule has 0 aliphatic heterocycles. The molecular formula is C11H9ClN2O5S. The van der Waals surface area contributed by atoms with E-state index in [1.54, 1.807) is 0 Å². The number of sulfonamides is 1. The first-order valence-electron chi connectivity index (χ1n) is 5.32. The zero-order valence-electron chi connectivity index (χ0n) is 9.91. The SMILES string of the molecule is O=C(O)c1cc(S(=O)(=O)NCc2ccno2)ccc1Cl. The Labute approximate surface area is 119 Å². The Morgan fingerprint density at radius 1 is 1.40 bits per heavy atom. The van der Waals surface area contributed by atoms with Gasteiger partial charge in [0.15, 0.2) is 5.76 Å². The van der Waals surface area contributed by atoms with Crippen molar-refractivity contribution >= 4 is 27.6 Å². The second-order valence-electron chi connectivity index (χ2n) is 3.75. The van der Waals surface area contributed by atoms with Crippen LogP contribution in [0.1, 0.15) is 16.1 Å². The maximum absolute atomic E-state index is 12.0. The fourth-order valence-corrected chi connectivity index (χ4v) is 2.64. The van der Waals surface area contributed by atoms with Crippen LogP contribution in [0.2, 0.25) is 5.02 Å². The zero-order valence-corrected chi connectivity index (χ0v) is 11.5. The third-order valence-corrected chi connectivity index (χ3v) is 4.13. The molecule has 2 aromatic rings. The highest BCUT2D eigenvalue weighted by atomic mass is 35.5. The molecular weight excluding hydrogens is 308 g/mol. The number of hydrogen-bond acceptors (Lipinski definition) is 5. The highest BCUT2D eigenvalue weighted by Gasteiger charge is 2.18. The van der Waals surface area contributed by atoms with Gasteiger partial charge in [0.2, 0.25) is 10.0 Å². The number of carboxylic acid groups (broad SMARTS) is 1. The van der Waals surface area contributed by atoms with Crippen LogP contribution in [-0.2, 0) is 16.6 Å². The van der Waals surface area contributed by atoms with Crippen LogP contribution in [0.5, 0.6) is 0 Å². The molecule has 0 aliphatic carbocycles. The van der Waals surface area contributed by atoms with Crippen molar-refractivity contribution in [1.82, 2.24) is 9.88 Å². The minimum atomic E-state index is -3.87. The second kappa shape index (κ2) is 5.61. The van der Waals surface area contributed by atoms with Crippen molar-refractivity contribution in [2.45, 2.75) is 11.4 Å². The molecule has 1 heterocycles. The van der Waals surface area contributed by atoms with Crippen LogP contribution in [0, 0.1) is 0 Å². The summed E-state index contributed by atoms with van der Waals surface area (Å²) in [5.74, 6) is -0.969. The standard InChI is InChI=1S/C11H9ClN2O5S/c12-10-2-1-8(5-9(10)11(15)16)20(17,18)14-6-7-3-4-13-19-7/h1-5,14H,6H2,(H,15,16). The number of nitrogens with one attached hydrogen (secondary N) is 1. The second-order valence-corrected chi connectivity index (χ2v) is 5.92. The molecule has 0 saturated heterocycles. The topological polar surface area (TPSA) is 110 Å². The first-order valence-corrected chi connectivity index (χ1v) is 7.18. The van der Waals surface area contributed by atoms with Crippen LogP contribution in [0.4, 0.5) is 0 Å². The molecule has 0 atom stereocenters. The van der Waals surface area contributed by atoms with Gasteiger partial charge in [-0.1, -0.05) is 16.8 Å². The number of hydrogen-bond donors (Lipinski definition) is 2. The number of aromatic carboxylic acids is 1. The monoisotopic (exact) mass is 316 g/mol. The van der Waals surface area contributed by atoms with Gasteiger partial charge in [-0.3, -0.25) is 0 Å². The van der Waals surface area contributed by atoms with Crippen molar-refractivity contribution in [3.63, 3.8) is 0 Å². The average Bonchev–Trinajstić information content (AvgIpc) is 2.89. The van der Waals surface area contributed by atoms with Crippen LogP contribution < -0.4 is 4.72 Å². The van der Waals surface area contributed by atoms with Crippen LogP contribution in [0.15, 0.2) is 39.9 Å². The molecule has 0 fully saturated rings. The number of carboxylic acids is 1.